The number of sulfone groups is 1. The Morgan fingerprint density at radius 2 is 1.84 bits per heavy atom. The summed E-state index contributed by atoms with van der Waals surface area (Å²) in [6.45, 7) is 1.45. The number of amides is 1. The van der Waals surface area contributed by atoms with E-state index in [1.165, 1.54) is 0 Å². The molecule has 0 radical (unpaired) electrons. The Bertz CT molecular complexity index is 717. The first-order chi connectivity index (χ1) is 11.9. The zero-order valence-corrected chi connectivity index (χ0v) is 14.7. The summed E-state index contributed by atoms with van der Waals surface area (Å²) in [6, 6.07) is 6.47. The second-order valence-electron chi connectivity index (χ2n) is 5.50. The Balaban J connectivity index is 1.71. The third-order valence-corrected chi connectivity index (χ3v) is 5.22. The quantitative estimate of drug-likeness (QED) is 0.655. The van der Waals surface area contributed by atoms with Crippen molar-refractivity contribution in [2.24, 2.45) is 0 Å². The Kier molecular flexibility index (Phi) is 6.63. The number of hydrogen-bond acceptors (Lipinski definition) is 7. The van der Waals surface area contributed by atoms with Crippen LogP contribution in [0.5, 0.6) is 11.5 Å². The molecule has 1 aliphatic rings. The number of rotatable bonds is 8. The van der Waals surface area contributed by atoms with Gasteiger partial charge in [-0.05, 0) is 25.5 Å². The van der Waals surface area contributed by atoms with E-state index in [1.54, 1.807) is 24.3 Å². The molecule has 1 amide bonds. The summed E-state index contributed by atoms with van der Waals surface area (Å²) < 4.78 is 38.2. The van der Waals surface area contributed by atoms with Crippen LogP contribution in [0.3, 0.4) is 0 Å². The van der Waals surface area contributed by atoms with E-state index in [9.17, 15) is 18.0 Å². The van der Waals surface area contributed by atoms with Crippen molar-refractivity contribution in [3.63, 3.8) is 0 Å². The van der Waals surface area contributed by atoms with E-state index in [-0.39, 0.29) is 18.1 Å². The molecule has 8 nitrogen and oxygen atoms in total. The summed E-state index contributed by atoms with van der Waals surface area (Å²) in [5.41, 5.74) is 0. The summed E-state index contributed by atoms with van der Waals surface area (Å²) in [5, 5.41) is 2.53. The number of benzene rings is 1. The van der Waals surface area contributed by atoms with Crippen LogP contribution in [0.1, 0.15) is 13.3 Å². The summed E-state index contributed by atoms with van der Waals surface area (Å²) in [5.74, 6) is -0.347. The lowest BCUT2D eigenvalue weighted by Gasteiger charge is -2.12. The normalized spacial score (nSPS) is 18.4. The van der Waals surface area contributed by atoms with Crippen LogP contribution in [-0.4, -0.2) is 57.7 Å². The molecule has 0 aromatic heterocycles. The highest BCUT2D eigenvalue weighted by Crippen LogP contribution is 2.26. The topological polar surface area (TPSA) is 108 Å². The number of carbonyl (C=O) groups excluding carboxylic acids is 2. The van der Waals surface area contributed by atoms with Gasteiger partial charge in [0.05, 0.1) is 18.1 Å². The van der Waals surface area contributed by atoms with Crippen LogP contribution in [0, 0.1) is 0 Å². The highest BCUT2D eigenvalue weighted by Gasteiger charge is 2.29. The first-order valence-electron chi connectivity index (χ1n) is 7.89. The second-order valence-corrected chi connectivity index (χ2v) is 7.73. The number of para-hydroxylation sites is 2. The van der Waals surface area contributed by atoms with Gasteiger partial charge in [0.2, 0.25) is 0 Å². The number of carbonyl (C=O) groups is 2. The maximum atomic E-state index is 11.7. The van der Waals surface area contributed by atoms with Crippen LogP contribution < -0.4 is 14.8 Å². The number of ether oxygens (including phenoxy) is 3. The van der Waals surface area contributed by atoms with Gasteiger partial charge in [-0.1, -0.05) is 12.1 Å². The summed E-state index contributed by atoms with van der Waals surface area (Å²) in [7, 11) is -3.07. The van der Waals surface area contributed by atoms with E-state index >= 15 is 0 Å². The fourth-order valence-electron chi connectivity index (χ4n) is 2.35. The molecule has 0 spiro atoms. The van der Waals surface area contributed by atoms with E-state index in [1.807, 2.05) is 6.92 Å². The average molecular weight is 371 g/mol. The highest BCUT2D eigenvalue weighted by atomic mass is 32.2. The third kappa shape index (κ3) is 6.26. The van der Waals surface area contributed by atoms with Gasteiger partial charge in [0.25, 0.3) is 5.91 Å². The number of esters is 1. The molecule has 0 saturated carbocycles. The largest absolute Gasteiger partial charge is 0.490 e. The molecule has 138 valence electrons. The van der Waals surface area contributed by atoms with Gasteiger partial charge in [0, 0.05) is 6.04 Å². The minimum Gasteiger partial charge on any atom is -0.490 e. The van der Waals surface area contributed by atoms with Crippen molar-refractivity contribution in [2.75, 3.05) is 31.3 Å². The van der Waals surface area contributed by atoms with E-state index in [0.29, 0.717) is 24.5 Å². The molecular formula is C16H21NO7S. The van der Waals surface area contributed by atoms with Gasteiger partial charge in [-0.15, -0.1) is 0 Å². The molecule has 1 fully saturated rings. The third-order valence-electron chi connectivity index (χ3n) is 3.46. The average Bonchev–Trinajstić information content (AvgIpc) is 2.91. The molecular weight excluding hydrogens is 350 g/mol. The number of hydrogen-bond donors (Lipinski definition) is 1. The Morgan fingerprint density at radius 1 is 1.16 bits per heavy atom. The minimum atomic E-state index is -3.07. The minimum absolute atomic E-state index is 0.0603. The van der Waals surface area contributed by atoms with Gasteiger partial charge >= 0.3 is 5.97 Å². The van der Waals surface area contributed by atoms with Crippen molar-refractivity contribution >= 4 is 21.7 Å². The lowest BCUT2D eigenvalue weighted by atomic mass is 10.2. The second kappa shape index (κ2) is 8.70. The monoisotopic (exact) mass is 371 g/mol. The summed E-state index contributed by atoms with van der Waals surface area (Å²) >= 11 is 0. The summed E-state index contributed by atoms with van der Waals surface area (Å²) in [4.78, 5) is 23.4. The first kappa shape index (κ1) is 19.0. The molecule has 1 heterocycles. The van der Waals surface area contributed by atoms with Gasteiger partial charge in [-0.2, -0.15) is 0 Å². The zero-order chi connectivity index (χ0) is 18.3. The fraction of sp³-hybridized carbons (Fsp3) is 0.500. The number of nitrogens with one attached hydrogen (secondary N) is 1. The highest BCUT2D eigenvalue weighted by molar-refractivity contribution is 7.91. The van der Waals surface area contributed by atoms with Crippen molar-refractivity contribution in [2.45, 2.75) is 19.4 Å². The molecule has 9 heteroatoms. The molecule has 0 unspecified atom stereocenters. The van der Waals surface area contributed by atoms with Crippen LogP contribution >= 0.6 is 0 Å². The summed E-state index contributed by atoms with van der Waals surface area (Å²) in [6.07, 6.45) is 0.374. The fourth-order valence-corrected chi connectivity index (χ4v) is 4.02. The smallest absolute Gasteiger partial charge is 0.344 e. The van der Waals surface area contributed by atoms with Crippen molar-refractivity contribution in [3.8, 4) is 11.5 Å². The SMILES string of the molecule is CCOc1ccccc1OCC(=O)OCC(=O)N[C@@H]1CCS(=O)(=O)C1. The Hall–Kier alpha value is -2.29. The van der Waals surface area contributed by atoms with Crippen molar-refractivity contribution < 1.29 is 32.2 Å². The standard InChI is InChI=1S/C16H21NO7S/c1-2-22-13-5-3-4-6-14(13)23-10-16(19)24-9-15(18)17-12-7-8-25(20,21)11-12/h3-6,12H,2,7-11H2,1H3,(H,17,18)/t12-/m1/s1. The predicted octanol–water partition coefficient (Wildman–Crippen LogP) is 0.311. The molecule has 1 aromatic rings. The first-order valence-corrected chi connectivity index (χ1v) is 9.72. The lowest BCUT2D eigenvalue weighted by molar-refractivity contribution is -0.150. The maximum Gasteiger partial charge on any atom is 0.344 e. The Labute approximate surface area is 146 Å². The van der Waals surface area contributed by atoms with Gasteiger partial charge in [-0.3, -0.25) is 4.79 Å². The Morgan fingerprint density at radius 3 is 2.44 bits per heavy atom. The zero-order valence-electron chi connectivity index (χ0n) is 13.9. The molecule has 1 aromatic carbocycles. The predicted molar refractivity (Wildman–Crippen MR) is 89.3 cm³/mol. The van der Waals surface area contributed by atoms with Gasteiger partial charge in [-0.25, -0.2) is 13.2 Å². The molecule has 2 rings (SSSR count). The van der Waals surface area contributed by atoms with E-state index in [4.69, 9.17) is 14.2 Å². The molecule has 1 aliphatic heterocycles. The van der Waals surface area contributed by atoms with Crippen LogP contribution in [0.15, 0.2) is 24.3 Å². The molecule has 1 saturated heterocycles. The van der Waals surface area contributed by atoms with Gasteiger partial charge in [0.1, 0.15) is 0 Å². The molecule has 0 bridgehead atoms. The lowest BCUT2D eigenvalue weighted by Crippen LogP contribution is -2.38. The van der Waals surface area contributed by atoms with E-state index in [0.717, 1.165) is 0 Å². The van der Waals surface area contributed by atoms with Crippen molar-refractivity contribution in [1.29, 1.82) is 0 Å². The van der Waals surface area contributed by atoms with Crippen LogP contribution in [0.25, 0.3) is 0 Å². The van der Waals surface area contributed by atoms with E-state index in [2.05, 4.69) is 5.32 Å². The molecule has 1 atom stereocenters. The van der Waals surface area contributed by atoms with Crippen LogP contribution in [0.2, 0.25) is 0 Å². The molecule has 0 aliphatic carbocycles. The molecule has 25 heavy (non-hydrogen) atoms. The van der Waals surface area contributed by atoms with Crippen molar-refractivity contribution in [3.05, 3.63) is 24.3 Å². The molecule has 1 N–H and O–H groups in total. The van der Waals surface area contributed by atoms with E-state index < -0.39 is 34.4 Å². The van der Waals surface area contributed by atoms with Crippen molar-refractivity contribution in [1.82, 2.24) is 5.32 Å². The maximum absolute atomic E-state index is 11.7. The van der Waals surface area contributed by atoms with Gasteiger partial charge in [0.15, 0.2) is 34.6 Å². The van der Waals surface area contributed by atoms with Gasteiger partial charge < -0.3 is 19.5 Å². The van der Waals surface area contributed by atoms with Crippen LogP contribution in [-0.2, 0) is 24.2 Å². The van der Waals surface area contributed by atoms with Crippen LogP contribution in [0.4, 0.5) is 0 Å².